The van der Waals surface area contributed by atoms with E-state index < -0.39 is 0 Å². The van der Waals surface area contributed by atoms with Gasteiger partial charge >= 0.3 is 0 Å². The van der Waals surface area contributed by atoms with Crippen LogP contribution in [0, 0.1) is 0 Å². The van der Waals surface area contributed by atoms with Crippen LogP contribution in [0.1, 0.15) is 34.1 Å². The third-order valence-electron chi connectivity index (χ3n) is 3.45. The lowest BCUT2D eigenvalue weighted by molar-refractivity contribution is -0.142. The van der Waals surface area contributed by atoms with Gasteiger partial charge in [0.15, 0.2) is 0 Å². The highest BCUT2D eigenvalue weighted by atomic mass is 32.1. The molecular formula is C14H27N3O2S. The first-order chi connectivity index (χ1) is 9.24. The lowest BCUT2D eigenvalue weighted by Gasteiger charge is -2.38. The van der Waals surface area contributed by atoms with Crippen molar-refractivity contribution < 1.29 is 9.53 Å². The molecule has 20 heavy (non-hydrogen) atoms. The molecule has 2 N–H and O–H groups in total. The Kier molecular flexibility index (Phi) is 6.36. The lowest BCUT2D eigenvalue weighted by atomic mass is 10.1. The highest BCUT2D eigenvalue weighted by Gasteiger charge is 2.27. The van der Waals surface area contributed by atoms with Crippen LogP contribution >= 0.6 is 12.2 Å². The van der Waals surface area contributed by atoms with Gasteiger partial charge in [0, 0.05) is 26.2 Å². The van der Waals surface area contributed by atoms with Gasteiger partial charge in [-0.2, -0.15) is 0 Å². The SMILES string of the molecule is CCC(C(N)=S)N1CCN(C(=O)COC(C)(C)C)CC1. The van der Waals surface area contributed by atoms with Crippen LogP contribution in [0.2, 0.25) is 0 Å². The van der Waals surface area contributed by atoms with Gasteiger partial charge in [-0.1, -0.05) is 19.1 Å². The normalized spacial score (nSPS) is 18.9. The molecule has 1 rings (SSSR count). The van der Waals surface area contributed by atoms with E-state index in [1.807, 2.05) is 25.7 Å². The summed E-state index contributed by atoms with van der Waals surface area (Å²) in [5.74, 6) is 0.0583. The lowest BCUT2D eigenvalue weighted by Crippen LogP contribution is -2.55. The van der Waals surface area contributed by atoms with Crippen molar-refractivity contribution in [3.05, 3.63) is 0 Å². The summed E-state index contributed by atoms with van der Waals surface area (Å²) in [5, 5.41) is 0. The number of amides is 1. The van der Waals surface area contributed by atoms with E-state index >= 15 is 0 Å². The van der Waals surface area contributed by atoms with E-state index in [0.717, 1.165) is 19.5 Å². The maximum Gasteiger partial charge on any atom is 0.248 e. The van der Waals surface area contributed by atoms with E-state index in [-0.39, 0.29) is 24.2 Å². The quantitative estimate of drug-likeness (QED) is 0.768. The molecule has 6 heteroatoms. The molecule has 1 unspecified atom stereocenters. The van der Waals surface area contributed by atoms with Gasteiger partial charge in [0.1, 0.15) is 6.61 Å². The van der Waals surface area contributed by atoms with E-state index in [4.69, 9.17) is 22.7 Å². The van der Waals surface area contributed by atoms with Crippen molar-refractivity contribution in [1.82, 2.24) is 9.80 Å². The van der Waals surface area contributed by atoms with Crippen LogP contribution in [0.25, 0.3) is 0 Å². The summed E-state index contributed by atoms with van der Waals surface area (Å²) in [6.45, 7) is 11.1. The number of thiocarbonyl (C=S) groups is 1. The van der Waals surface area contributed by atoms with E-state index in [9.17, 15) is 4.79 Å². The average Bonchev–Trinajstić information content (AvgIpc) is 2.36. The Balaban J connectivity index is 2.42. The predicted octanol–water partition coefficient (Wildman–Crippen LogP) is 1.01. The van der Waals surface area contributed by atoms with Gasteiger partial charge in [-0.05, 0) is 27.2 Å². The molecule has 1 heterocycles. The highest BCUT2D eigenvalue weighted by Crippen LogP contribution is 2.11. The minimum absolute atomic E-state index is 0.0583. The molecule has 0 saturated carbocycles. The second kappa shape index (κ2) is 7.33. The zero-order chi connectivity index (χ0) is 15.3. The van der Waals surface area contributed by atoms with Crippen LogP contribution in [0.4, 0.5) is 0 Å². The van der Waals surface area contributed by atoms with Crippen LogP contribution in [-0.2, 0) is 9.53 Å². The van der Waals surface area contributed by atoms with Gasteiger partial charge in [-0.15, -0.1) is 0 Å². The number of hydrogen-bond donors (Lipinski definition) is 1. The molecule has 0 aliphatic carbocycles. The highest BCUT2D eigenvalue weighted by molar-refractivity contribution is 7.80. The molecule has 116 valence electrons. The summed E-state index contributed by atoms with van der Waals surface area (Å²) in [7, 11) is 0. The standard InChI is InChI=1S/C14H27N3O2S/c1-5-11(13(15)20)16-6-8-17(9-7-16)12(18)10-19-14(2,3)4/h11H,5-10H2,1-4H3,(H2,15,20). The number of nitrogens with two attached hydrogens (primary N) is 1. The molecule has 0 aromatic rings. The minimum Gasteiger partial charge on any atom is -0.392 e. The topological polar surface area (TPSA) is 58.8 Å². The number of ether oxygens (including phenoxy) is 1. The third kappa shape index (κ3) is 5.34. The Morgan fingerprint density at radius 3 is 2.25 bits per heavy atom. The van der Waals surface area contributed by atoms with Crippen molar-refractivity contribution in [3.63, 3.8) is 0 Å². The molecule has 0 spiro atoms. The number of nitrogens with zero attached hydrogens (tertiary/aromatic N) is 2. The Labute approximate surface area is 127 Å². The van der Waals surface area contributed by atoms with Crippen LogP contribution in [0.15, 0.2) is 0 Å². The molecule has 0 aromatic heterocycles. The fourth-order valence-electron chi connectivity index (χ4n) is 2.29. The Morgan fingerprint density at radius 2 is 1.85 bits per heavy atom. The van der Waals surface area contributed by atoms with Crippen LogP contribution < -0.4 is 5.73 Å². The second-order valence-corrected chi connectivity index (χ2v) is 6.62. The molecule has 0 radical (unpaired) electrons. The average molecular weight is 301 g/mol. The summed E-state index contributed by atoms with van der Waals surface area (Å²) in [6.07, 6.45) is 0.913. The fourth-order valence-corrected chi connectivity index (χ4v) is 2.61. The summed E-state index contributed by atoms with van der Waals surface area (Å²) in [4.78, 5) is 16.7. The van der Waals surface area contributed by atoms with Gasteiger partial charge in [0.05, 0.1) is 16.6 Å². The maximum absolute atomic E-state index is 12.1. The summed E-state index contributed by atoms with van der Waals surface area (Å²) < 4.78 is 5.53. The number of piperazine rings is 1. The molecular weight excluding hydrogens is 274 g/mol. The zero-order valence-corrected chi connectivity index (χ0v) is 13.8. The van der Waals surface area contributed by atoms with E-state index in [1.165, 1.54) is 0 Å². The number of carbonyl (C=O) groups excluding carboxylic acids is 1. The van der Waals surface area contributed by atoms with Gasteiger partial charge in [0.2, 0.25) is 5.91 Å². The molecule has 1 saturated heterocycles. The maximum atomic E-state index is 12.1. The largest absolute Gasteiger partial charge is 0.392 e. The molecule has 5 nitrogen and oxygen atoms in total. The second-order valence-electron chi connectivity index (χ2n) is 6.14. The molecule has 1 aliphatic heterocycles. The number of hydrogen-bond acceptors (Lipinski definition) is 4. The Morgan fingerprint density at radius 1 is 1.30 bits per heavy atom. The van der Waals surface area contributed by atoms with Gasteiger partial charge < -0.3 is 15.4 Å². The zero-order valence-electron chi connectivity index (χ0n) is 13.0. The van der Waals surface area contributed by atoms with Gasteiger partial charge in [-0.3, -0.25) is 9.69 Å². The van der Waals surface area contributed by atoms with Crippen molar-refractivity contribution in [3.8, 4) is 0 Å². The van der Waals surface area contributed by atoms with Crippen LogP contribution in [0.5, 0.6) is 0 Å². The number of carbonyl (C=O) groups is 1. The van der Waals surface area contributed by atoms with E-state index in [2.05, 4.69) is 11.8 Å². The van der Waals surface area contributed by atoms with Crippen molar-refractivity contribution in [2.45, 2.75) is 45.8 Å². The smallest absolute Gasteiger partial charge is 0.248 e. The molecule has 0 aromatic carbocycles. The molecule has 1 fully saturated rings. The molecule has 1 aliphatic rings. The summed E-state index contributed by atoms with van der Waals surface area (Å²) >= 11 is 5.10. The van der Waals surface area contributed by atoms with Crippen molar-refractivity contribution in [1.29, 1.82) is 0 Å². The minimum atomic E-state index is -0.281. The molecule has 0 bridgehead atoms. The van der Waals surface area contributed by atoms with Crippen LogP contribution in [0.3, 0.4) is 0 Å². The van der Waals surface area contributed by atoms with Crippen molar-refractivity contribution in [2.75, 3.05) is 32.8 Å². The third-order valence-corrected chi connectivity index (χ3v) is 3.72. The van der Waals surface area contributed by atoms with Crippen LogP contribution in [-0.4, -0.2) is 65.1 Å². The molecule has 1 atom stereocenters. The Bertz CT molecular complexity index is 347. The fraction of sp³-hybridized carbons (Fsp3) is 0.857. The van der Waals surface area contributed by atoms with E-state index in [0.29, 0.717) is 18.1 Å². The van der Waals surface area contributed by atoms with Gasteiger partial charge in [-0.25, -0.2) is 0 Å². The monoisotopic (exact) mass is 301 g/mol. The van der Waals surface area contributed by atoms with Gasteiger partial charge in [0.25, 0.3) is 0 Å². The van der Waals surface area contributed by atoms with Crippen molar-refractivity contribution in [2.24, 2.45) is 5.73 Å². The van der Waals surface area contributed by atoms with Crippen molar-refractivity contribution >= 4 is 23.1 Å². The first kappa shape index (κ1) is 17.3. The Hall–Kier alpha value is -0.720. The molecule has 1 amide bonds. The number of rotatable bonds is 5. The van der Waals surface area contributed by atoms with E-state index in [1.54, 1.807) is 0 Å². The summed E-state index contributed by atoms with van der Waals surface area (Å²) in [5.41, 5.74) is 5.48. The first-order valence-corrected chi connectivity index (χ1v) is 7.60. The first-order valence-electron chi connectivity index (χ1n) is 7.19. The summed E-state index contributed by atoms with van der Waals surface area (Å²) in [6, 6.07) is 0.146. The predicted molar refractivity (Wildman–Crippen MR) is 84.7 cm³/mol.